The number of benzene rings is 4. The van der Waals surface area contributed by atoms with Gasteiger partial charge in [-0.25, -0.2) is 0 Å². The molecule has 0 amide bonds. The molecular formula is C28H28S2Si2. The van der Waals surface area contributed by atoms with Crippen molar-refractivity contribution in [3.8, 4) is 0 Å². The first-order valence-electron chi connectivity index (χ1n) is 11.4. The maximum atomic E-state index is 2.44. The average molecular weight is 485 g/mol. The zero-order chi connectivity index (χ0) is 22.4. The standard InChI is InChI=1S/C28H28S2Si2/c1-31(2,3)25-15-17-7-9-21-19-12-14-24-22(20(19)11-13-23(21)27(17)29-25)10-8-18-16-26(30-28(18)24)32(4,5)6/h7-16H,1-6H3. The Morgan fingerprint density at radius 1 is 0.438 bits per heavy atom. The minimum absolute atomic E-state index is 1.31. The lowest BCUT2D eigenvalue weighted by Gasteiger charge is -2.12. The largest absolute Gasteiger partial charge is 0.144 e. The van der Waals surface area contributed by atoms with Crippen molar-refractivity contribution < 1.29 is 0 Å². The van der Waals surface area contributed by atoms with Gasteiger partial charge in [0.1, 0.15) is 0 Å². The minimum atomic E-state index is -1.31. The highest BCUT2D eigenvalue weighted by molar-refractivity contribution is 7.32. The highest BCUT2D eigenvalue weighted by Gasteiger charge is 2.21. The highest BCUT2D eigenvalue weighted by atomic mass is 32.1. The van der Waals surface area contributed by atoms with Crippen molar-refractivity contribution in [1.82, 2.24) is 0 Å². The summed E-state index contributed by atoms with van der Waals surface area (Å²) in [5.41, 5.74) is 0. The molecule has 2 heterocycles. The predicted octanol–water partition coefficient (Wildman–Crippen LogP) is 8.67. The van der Waals surface area contributed by atoms with Gasteiger partial charge in [0.25, 0.3) is 0 Å². The van der Waals surface area contributed by atoms with Crippen LogP contribution in [0.2, 0.25) is 39.3 Å². The van der Waals surface area contributed by atoms with Crippen LogP contribution in [0.4, 0.5) is 0 Å². The Kier molecular flexibility index (Phi) is 4.36. The molecule has 32 heavy (non-hydrogen) atoms. The van der Waals surface area contributed by atoms with Gasteiger partial charge in [-0.15, -0.1) is 22.7 Å². The molecule has 6 aromatic rings. The van der Waals surface area contributed by atoms with E-state index >= 15 is 0 Å². The summed E-state index contributed by atoms with van der Waals surface area (Å²) in [5.74, 6) is 0. The highest BCUT2D eigenvalue weighted by Crippen LogP contribution is 2.39. The lowest BCUT2D eigenvalue weighted by Crippen LogP contribution is -2.34. The van der Waals surface area contributed by atoms with Crippen molar-refractivity contribution in [3.63, 3.8) is 0 Å². The first-order valence-corrected chi connectivity index (χ1v) is 20.0. The van der Waals surface area contributed by atoms with Crippen molar-refractivity contribution in [2.75, 3.05) is 0 Å². The van der Waals surface area contributed by atoms with E-state index in [1.54, 1.807) is 9.00 Å². The molecule has 160 valence electrons. The van der Waals surface area contributed by atoms with Gasteiger partial charge < -0.3 is 0 Å². The van der Waals surface area contributed by atoms with Gasteiger partial charge in [0, 0.05) is 20.2 Å². The van der Waals surface area contributed by atoms with Crippen LogP contribution >= 0.6 is 22.7 Å². The molecule has 0 aliphatic carbocycles. The van der Waals surface area contributed by atoms with Crippen molar-refractivity contribution in [1.29, 1.82) is 0 Å². The molecule has 0 aliphatic heterocycles. The topological polar surface area (TPSA) is 0 Å². The van der Waals surface area contributed by atoms with Crippen LogP contribution < -0.4 is 9.00 Å². The van der Waals surface area contributed by atoms with Gasteiger partial charge in [-0.1, -0.05) is 87.8 Å². The summed E-state index contributed by atoms with van der Waals surface area (Å²) < 4.78 is 6.10. The maximum Gasteiger partial charge on any atom is 0.0904 e. The van der Waals surface area contributed by atoms with Crippen molar-refractivity contribution in [3.05, 3.63) is 60.7 Å². The fourth-order valence-corrected chi connectivity index (χ4v) is 10.9. The van der Waals surface area contributed by atoms with Gasteiger partial charge in [-0.05, 0) is 53.5 Å². The monoisotopic (exact) mass is 484 g/mol. The fraction of sp³-hybridized carbons (Fsp3) is 0.214. The summed E-state index contributed by atoms with van der Waals surface area (Å²) in [7, 11) is -2.62. The number of fused-ring (bicyclic) bond motifs is 9. The van der Waals surface area contributed by atoms with Crippen molar-refractivity contribution in [2.45, 2.75) is 39.3 Å². The van der Waals surface area contributed by atoms with Crippen molar-refractivity contribution in [2.24, 2.45) is 0 Å². The summed E-state index contributed by atoms with van der Waals surface area (Å²) in [6, 6.07) is 23.7. The van der Waals surface area contributed by atoms with E-state index in [9.17, 15) is 0 Å². The Bertz CT molecular complexity index is 1560. The van der Waals surface area contributed by atoms with E-state index in [4.69, 9.17) is 0 Å². The first-order chi connectivity index (χ1) is 15.1. The second kappa shape index (κ2) is 6.77. The molecule has 0 atom stereocenters. The number of hydrogen-bond acceptors (Lipinski definition) is 2. The number of hydrogen-bond donors (Lipinski definition) is 0. The lowest BCUT2D eigenvalue weighted by atomic mass is 9.96. The molecule has 6 rings (SSSR count). The molecule has 0 unspecified atom stereocenters. The minimum Gasteiger partial charge on any atom is -0.144 e. The third-order valence-electron chi connectivity index (χ3n) is 6.63. The molecule has 0 aliphatic rings. The quantitative estimate of drug-likeness (QED) is 0.170. The van der Waals surface area contributed by atoms with Crippen LogP contribution in [0.5, 0.6) is 0 Å². The normalized spacial score (nSPS) is 13.3. The first kappa shape index (κ1) is 20.6. The fourth-order valence-electron chi connectivity index (χ4n) is 4.77. The second-order valence-electron chi connectivity index (χ2n) is 11.1. The molecule has 4 heteroatoms. The van der Waals surface area contributed by atoms with Crippen LogP contribution in [0.3, 0.4) is 0 Å². The van der Waals surface area contributed by atoms with E-state index in [1.165, 1.54) is 52.5 Å². The molecule has 0 radical (unpaired) electrons. The smallest absolute Gasteiger partial charge is 0.0904 e. The maximum absolute atomic E-state index is 2.44. The zero-order valence-corrected chi connectivity index (χ0v) is 23.2. The van der Waals surface area contributed by atoms with Gasteiger partial charge in [-0.3, -0.25) is 0 Å². The Hall–Kier alpha value is -1.99. The molecule has 0 N–H and O–H groups in total. The predicted molar refractivity (Wildman–Crippen MR) is 156 cm³/mol. The summed E-state index contributed by atoms with van der Waals surface area (Å²) in [4.78, 5) is 0. The van der Waals surface area contributed by atoms with Gasteiger partial charge >= 0.3 is 0 Å². The number of rotatable bonds is 2. The van der Waals surface area contributed by atoms with E-state index < -0.39 is 16.1 Å². The molecule has 0 bridgehead atoms. The van der Waals surface area contributed by atoms with Gasteiger partial charge in [-0.2, -0.15) is 0 Å². The van der Waals surface area contributed by atoms with Crippen LogP contribution in [0, 0.1) is 0 Å². The Morgan fingerprint density at radius 2 is 0.750 bits per heavy atom. The van der Waals surface area contributed by atoms with Gasteiger partial charge in [0.05, 0.1) is 16.1 Å². The molecular weight excluding hydrogens is 457 g/mol. The Balaban J connectivity index is 1.66. The molecule has 2 aromatic heterocycles. The SMILES string of the molecule is C[Si](C)(C)c1cc2ccc3c4ccc5c(ccc6cc([Si](C)(C)C)sc65)c4ccc3c2s1. The third kappa shape index (κ3) is 3.04. The molecule has 0 spiro atoms. The van der Waals surface area contributed by atoms with E-state index in [-0.39, 0.29) is 0 Å². The molecule has 0 saturated carbocycles. The molecule has 0 nitrogen and oxygen atoms in total. The second-order valence-corrected chi connectivity index (χ2v) is 24.0. The zero-order valence-electron chi connectivity index (χ0n) is 19.6. The summed E-state index contributed by atoms with van der Waals surface area (Å²) in [6.45, 7) is 14.7. The van der Waals surface area contributed by atoms with Gasteiger partial charge in [0.15, 0.2) is 0 Å². The Labute approximate surface area is 199 Å². The van der Waals surface area contributed by atoms with E-state index in [0.29, 0.717) is 0 Å². The van der Waals surface area contributed by atoms with Crippen LogP contribution in [-0.2, 0) is 0 Å². The van der Waals surface area contributed by atoms with Crippen LogP contribution in [0.25, 0.3) is 52.5 Å². The summed E-state index contributed by atoms with van der Waals surface area (Å²) in [5, 5.41) is 11.1. The van der Waals surface area contributed by atoms with Crippen molar-refractivity contribution >= 4 is 100 Å². The average Bonchev–Trinajstić information content (AvgIpc) is 3.37. The third-order valence-corrected chi connectivity index (χ3v) is 16.2. The lowest BCUT2D eigenvalue weighted by molar-refractivity contribution is 1.79. The van der Waals surface area contributed by atoms with E-state index in [0.717, 1.165) is 0 Å². The van der Waals surface area contributed by atoms with Crippen LogP contribution in [-0.4, -0.2) is 16.1 Å². The Morgan fingerprint density at radius 3 is 1.12 bits per heavy atom. The van der Waals surface area contributed by atoms with Crippen LogP contribution in [0.15, 0.2) is 60.7 Å². The number of thiophene rings is 2. The summed E-state index contributed by atoms with van der Waals surface area (Å²) in [6.07, 6.45) is 0. The summed E-state index contributed by atoms with van der Waals surface area (Å²) >= 11 is 4.04. The van der Waals surface area contributed by atoms with Gasteiger partial charge in [0.2, 0.25) is 0 Å². The van der Waals surface area contributed by atoms with E-state index in [1.807, 2.05) is 22.7 Å². The molecule has 4 aromatic carbocycles. The molecule has 0 fully saturated rings. The molecule has 0 saturated heterocycles. The van der Waals surface area contributed by atoms with E-state index in [2.05, 4.69) is 99.9 Å². The van der Waals surface area contributed by atoms with Crippen LogP contribution in [0.1, 0.15) is 0 Å².